The quantitative estimate of drug-likeness (QED) is 0.647. The summed E-state index contributed by atoms with van der Waals surface area (Å²) >= 11 is 1.49. The fraction of sp³-hybridized carbons (Fsp3) is 0.250. The van der Waals surface area contributed by atoms with Gasteiger partial charge in [-0.1, -0.05) is 23.5 Å². The number of thiazole rings is 1. The zero-order chi connectivity index (χ0) is 19.8. The SMILES string of the molecule is CC(C)(C)Nc1nc(-c2ccc(F)cc2)c(-c2ccc(S(C)(=O)=O)cc2)s1. The fourth-order valence-electron chi connectivity index (χ4n) is 2.55. The molecule has 0 aliphatic rings. The van der Waals surface area contributed by atoms with Crippen molar-refractivity contribution in [2.24, 2.45) is 0 Å². The standard InChI is InChI=1S/C20H21FN2O2S2/c1-20(2,3)23-19-22-17(13-5-9-15(21)10-6-13)18(26-19)14-7-11-16(12-8-14)27(4,24)25/h5-12H,1-4H3,(H,22,23). The van der Waals surface area contributed by atoms with Crippen LogP contribution in [0.1, 0.15) is 20.8 Å². The number of rotatable bonds is 4. The molecule has 0 atom stereocenters. The summed E-state index contributed by atoms with van der Waals surface area (Å²) in [6.45, 7) is 6.14. The van der Waals surface area contributed by atoms with Crippen molar-refractivity contribution in [3.05, 3.63) is 54.3 Å². The van der Waals surface area contributed by atoms with E-state index >= 15 is 0 Å². The molecule has 2 aromatic carbocycles. The van der Waals surface area contributed by atoms with Crippen LogP contribution in [-0.2, 0) is 9.84 Å². The van der Waals surface area contributed by atoms with Gasteiger partial charge in [0, 0.05) is 17.4 Å². The van der Waals surface area contributed by atoms with Gasteiger partial charge in [0.15, 0.2) is 15.0 Å². The van der Waals surface area contributed by atoms with E-state index in [1.807, 2.05) is 20.8 Å². The smallest absolute Gasteiger partial charge is 0.184 e. The minimum Gasteiger partial charge on any atom is -0.357 e. The molecular weight excluding hydrogens is 383 g/mol. The lowest BCUT2D eigenvalue weighted by molar-refractivity contribution is 0.602. The van der Waals surface area contributed by atoms with Crippen molar-refractivity contribution >= 4 is 26.3 Å². The minimum atomic E-state index is -3.25. The van der Waals surface area contributed by atoms with Crippen molar-refractivity contribution < 1.29 is 12.8 Å². The van der Waals surface area contributed by atoms with E-state index < -0.39 is 9.84 Å². The molecule has 4 nitrogen and oxygen atoms in total. The van der Waals surface area contributed by atoms with Gasteiger partial charge in [0.05, 0.1) is 15.5 Å². The number of halogens is 1. The molecule has 0 saturated heterocycles. The Morgan fingerprint density at radius 1 is 0.963 bits per heavy atom. The third kappa shape index (κ3) is 4.73. The van der Waals surface area contributed by atoms with E-state index in [9.17, 15) is 12.8 Å². The lowest BCUT2D eigenvalue weighted by atomic mass is 10.1. The molecule has 0 fully saturated rings. The van der Waals surface area contributed by atoms with Crippen LogP contribution in [0.15, 0.2) is 53.4 Å². The maximum atomic E-state index is 13.3. The molecule has 0 spiro atoms. The highest BCUT2D eigenvalue weighted by Crippen LogP contribution is 2.40. The zero-order valence-corrected chi connectivity index (χ0v) is 17.2. The summed E-state index contributed by atoms with van der Waals surface area (Å²) in [6, 6.07) is 12.9. The van der Waals surface area contributed by atoms with Gasteiger partial charge in [-0.05, 0) is 62.7 Å². The van der Waals surface area contributed by atoms with E-state index in [-0.39, 0.29) is 16.3 Å². The van der Waals surface area contributed by atoms with Crippen LogP contribution in [0.3, 0.4) is 0 Å². The minimum absolute atomic E-state index is 0.157. The molecule has 142 valence electrons. The summed E-state index contributed by atoms with van der Waals surface area (Å²) < 4.78 is 36.7. The Morgan fingerprint density at radius 3 is 2.04 bits per heavy atom. The highest BCUT2D eigenvalue weighted by atomic mass is 32.2. The molecule has 0 amide bonds. The van der Waals surface area contributed by atoms with Crippen LogP contribution in [0.4, 0.5) is 9.52 Å². The number of benzene rings is 2. The maximum Gasteiger partial charge on any atom is 0.184 e. The summed E-state index contributed by atoms with van der Waals surface area (Å²) in [5.41, 5.74) is 2.24. The van der Waals surface area contributed by atoms with Crippen molar-refractivity contribution in [1.29, 1.82) is 0 Å². The Hall–Kier alpha value is -2.25. The zero-order valence-electron chi connectivity index (χ0n) is 15.6. The molecule has 1 aromatic heterocycles. The van der Waals surface area contributed by atoms with Gasteiger partial charge in [-0.2, -0.15) is 0 Å². The first-order valence-corrected chi connectivity index (χ1v) is 11.1. The predicted molar refractivity (Wildman–Crippen MR) is 109 cm³/mol. The van der Waals surface area contributed by atoms with Crippen molar-refractivity contribution in [3.63, 3.8) is 0 Å². The summed E-state index contributed by atoms with van der Waals surface area (Å²) in [4.78, 5) is 5.88. The van der Waals surface area contributed by atoms with E-state index in [2.05, 4.69) is 5.32 Å². The second-order valence-electron chi connectivity index (χ2n) is 7.38. The van der Waals surface area contributed by atoms with Crippen molar-refractivity contribution in [2.75, 3.05) is 11.6 Å². The third-order valence-corrected chi connectivity index (χ3v) is 5.92. The molecule has 3 rings (SSSR count). The highest BCUT2D eigenvalue weighted by Gasteiger charge is 2.19. The van der Waals surface area contributed by atoms with Crippen LogP contribution in [0.5, 0.6) is 0 Å². The Morgan fingerprint density at radius 2 is 1.52 bits per heavy atom. The van der Waals surface area contributed by atoms with Crippen LogP contribution in [-0.4, -0.2) is 25.2 Å². The Balaban J connectivity index is 2.11. The van der Waals surface area contributed by atoms with Crippen molar-refractivity contribution in [3.8, 4) is 21.7 Å². The predicted octanol–water partition coefficient (Wildman–Crippen LogP) is 5.23. The Labute approximate surface area is 163 Å². The third-order valence-electron chi connectivity index (χ3n) is 3.77. The van der Waals surface area contributed by atoms with Gasteiger partial charge >= 0.3 is 0 Å². The van der Waals surface area contributed by atoms with Crippen molar-refractivity contribution in [1.82, 2.24) is 4.98 Å². The van der Waals surface area contributed by atoms with E-state index in [1.54, 1.807) is 36.4 Å². The number of hydrogen-bond acceptors (Lipinski definition) is 5. The van der Waals surface area contributed by atoms with Crippen molar-refractivity contribution in [2.45, 2.75) is 31.2 Å². The molecule has 3 aromatic rings. The van der Waals surface area contributed by atoms with E-state index in [4.69, 9.17) is 4.98 Å². The molecule has 0 radical (unpaired) electrons. The van der Waals surface area contributed by atoms with Crippen LogP contribution in [0.2, 0.25) is 0 Å². The lowest BCUT2D eigenvalue weighted by Crippen LogP contribution is -2.25. The number of anilines is 1. The fourth-order valence-corrected chi connectivity index (χ4v) is 4.38. The molecule has 7 heteroatoms. The van der Waals surface area contributed by atoms with Gasteiger partial charge in [-0.3, -0.25) is 0 Å². The molecule has 1 heterocycles. The normalized spacial score (nSPS) is 12.2. The van der Waals surface area contributed by atoms with Crippen LogP contribution < -0.4 is 5.32 Å². The number of hydrogen-bond donors (Lipinski definition) is 1. The monoisotopic (exact) mass is 404 g/mol. The molecule has 0 saturated carbocycles. The summed E-state index contributed by atoms with van der Waals surface area (Å²) in [7, 11) is -3.25. The molecule has 0 bridgehead atoms. The number of sulfone groups is 1. The van der Waals surface area contributed by atoms with E-state index in [0.29, 0.717) is 0 Å². The van der Waals surface area contributed by atoms with Gasteiger partial charge in [0.1, 0.15) is 5.82 Å². The van der Waals surface area contributed by atoms with E-state index in [1.165, 1.54) is 29.7 Å². The van der Waals surface area contributed by atoms with Gasteiger partial charge < -0.3 is 5.32 Å². The first kappa shape index (κ1) is 19.5. The molecule has 0 unspecified atom stereocenters. The van der Waals surface area contributed by atoms with Crippen LogP contribution in [0.25, 0.3) is 21.7 Å². The van der Waals surface area contributed by atoms with Gasteiger partial charge in [-0.15, -0.1) is 0 Å². The molecular formula is C20H21FN2O2S2. The molecule has 1 N–H and O–H groups in total. The number of aromatic nitrogens is 1. The Kier molecular flexibility index (Phi) is 5.10. The first-order valence-electron chi connectivity index (χ1n) is 8.38. The van der Waals surface area contributed by atoms with Gasteiger partial charge in [-0.25, -0.2) is 17.8 Å². The average Bonchev–Trinajstić information content (AvgIpc) is 2.96. The second-order valence-corrected chi connectivity index (χ2v) is 10.4. The summed E-state index contributed by atoms with van der Waals surface area (Å²) in [6.07, 6.45) is 1.18. The largest absolute Gasteiger partial charge is 0.357 e. The number of nitrogens with zero attached hydrogens (tertiary/aromatic N) is 1. The molecule has 0 aliphatic heterocycles. The Bertz CT molecular complexity index is 1050. The highest BCUT2D eigenvalue weighted by molar-refractivity contribution is 7.90. The van der Waals surface area contributed by atoms with Crippen LogP contribution in [0, 0.1) is 5.82 Å². The number of nitrogens with one attached hydrogen (secondary N) is 1. The van der Waals surface area contributed by atoms with Gasteiger partial charge in [0.25, 0.3) is 0 Å². The topological polar surface area (TPSA) is 59.1 Å². The average molecular weight is 405 g/mol. The summed E-state index contributed by atoms with van der Waals surface area (Å²) in [5.74, 6) is -0.305. The van der Waals surface area contributed by atoms with Gasteiger partial charge in [0.2, 0.25) is 0 Å². The van der Waals surface area contributed by atoms with Crippen LogP contribution >= 0.6 is 11.3 Å². The summed E-state index contributed by atoms with van der Waals surface area (Å²) in [5, 5.41) is 4.12. The van der Waals surface area contributed by atoms with E-state index in [0.717, 1.165) is 26.8 Å². The molecule has 27 heavy (non-hydrogen) atoms. The maximum absolute atomic E-state index is 13.3. The molecule has 0 aliphatic carbocycles. The lowest BCUT2D eigenvalue weighted by Gasteiger charge is -2.19. The first-order chi connectivity index (χ1) is 12.5. The second kappa shape index (κ2) is 7.05.